The summed E-state index contributed by atoms with van der Waals surface area (Å²) >= 11 is 3.42. The first kappa shape index (κ1) is 13.1. The molecule has 2 aromatic rings. The third kappa shape index (κ3) is 2.31. The van der Waals surface area contributed by atoms with Crippen LogP contribution in [0.4, 0.5) is 5.82 Å². The van der Waals surface area contributed by atoms with Crippen molar-refractivity contribution in [2.24, 2.45) is 5.84 Å². The molecule has 0 bridgehead atoms. The number of fused-ring (bicyclic) bond motifs is 3. The molecule has 3 rings (SSSR count). The van der Waals surface area contributed by atoms with E-state index in [9.17, 15) is 0 Å². The predicted molar refractivity (Wildman–Crippen MR) is 81.7 cm³/mol. The normalized spacial score (nSPS) is 15.7. The molecule has 0 unspecified atom stereocenters. The molecule has 3 N–H and O–H groups in total. The molecular formula is C12H17N5S2. The van der Waals surface area contributed by atoms with E-state index in [0.717, 1.165) is 46.5 Å². The molecule has 1 aliphatic rings. The van der Waals surface area contributed by atoms with Crippen molar-refractivity contribution in [3.63, 3.8) is 0 Å². The fraction of sp³-hybridized carbons (Fsp3) is 0.500. The molecule has 0 atom stereocenters. The fourth-order valence-electron chi connectivity index (χ4n) is 2.40. The molecule has 2 aromatic heterocycles. The Balaban J connectivity index is 2.18. The number of nitrogens with zero attached hydrogens (tertiary/aromatic N) is 3. The van der Waals surface area contributed by atoms with Crippen LogP contribution in [0.5, 0.6) is 0 Å². The van der Waals surface area contributed by atoms with Crippen LogP contribution < -0.4 is 11.3 Å². The molecule has 0 spiro atoms. The van der Waals surface area contributed by atoms with Gasteiger partial charge in [0.1, 0.15) is 4.83 Å². The van der Waals surface area contributed by atoms with Gasteiger partial charge in [0.2, 0.25) is 0 Å². The largest absolute Gasteiger partial charge is 0.308 e. The lowest BCUT2D eigenvalue weighted by atomic mass is 10.1. The van der Waals surface area contributed by atoms with Crippen LogP contribution in [0.2, 0.25) is 0 Å². The van der Waals surface area contributed by atoms with Crippen LogP contribution >= 0.6 is 23.1 Å². The topological polar surface area (TPSA) is 67.1 Å². The molecular weight excluding hydrogens is 278 g/mol. The highest BCUT2D eigenvalue weighted by Crippen LogP contribution is 2.38. The monoisotopic (exact) mass is 295 g/mol. The molecule has 5 nitrogen and oxygen atoms in total. The maximum Gasteiger partial charge on any atom is 0.190 e. The summed E-state index contributed by atoms with van der Waals surface area (Å²) in [7, 11) is 2.15. The number of hydrazine groups is 1. The highest BCUT2D eigenvalue weighted by Gasteiger charge is 2.22. The zero-order valence-electron chi connectivity index (χ0n) is 11.1. The van der Waals surface area contributed by atoms with Gasteiger partial charge in [-0.25, -0.2) is 15.8 Å². The second kappa shape index (κ2) is 5.24. The molecule has 19 heavy (non-hydrogen) atoms. The van der Waals surface area contributed by atoms with Crippen molar-refractivity contribution in [2.45, 2.75) is 25.0 Å². The first-order valence-corrected chi connectivity index (χ1v) is 8.13. The number of aromatic nitrogens is 2. The van der Waals surface area contributed by atoms with Gasteiger partial charge in [-0.15, -0.1) is 11.3 Å². The number of nitrogens with one attached hydrogen (secondary N) is 1. The van der Waals surface area contributed by atoms with Gasteiger partial charge in [0.05, 0.1) is 5.39 Å². The lowest BCUT2D eigenvalue weighted by Crippen LogP contribution is -2.25. The zero-order chi connectivity index (χ0) is 13.4. The lowest BCUT2D eigenvalue weighted by molar-refractivity contribution is 0.318. The summed E-state index contributed by atoms with van der Waals surface area (Å²) in [6, 6.07) is 0. The number of nitrogen functional groups attached to an aromatic ring is 1. The summed E-state index contributed by atoms with van der Waals surface area (Å²) in [5.74, 6) is 7.37. The highest BCUT2D eigenvalue weighted by atomic mass is 32.2. The van der Waals surface area contributed by atoms with E-state index in [4.69, 9.17) is 5.84 Å². The number of rotatable bonds is 3. The van der Waals surface area contributed by atoms with Gasteiger partial charge in [0, 0.05) is 18.0 Å². The van der Waals surface area contributed by atoms with Crippen molar-refractivity contribution in [1.82, 2.24) is 14.9 Å². The molecule has 3 heterocycles. The van der Waals surface area contributed by atoms with Crippen LogP contribution in [-0.4, -0.2) is 34.2 Å². The van der Waals surface area contributed by atoms with E-state index in [0.29, 0.717) is 0 Å². The van der Waals surface area contributed by atoms with Crippen molar-refractivity contribution in [1.29, 1.82) is 0 Å². The van der Waals surface area contributed by atoms with Crippen molar-refractivity contribution < 1.29 is 0 Å². The second-order valence-corrected chi connectivity index (χ2v) is 6.92. The van der Waals surface area contributed by atoms with E-state index >= 15 is 0 Å². The number of thiophene rings is 1. The highest BCUT2D eigenvalue weighted by molar-refractivity contribution is 7.99. The number of nitrogens with two attached hydrogens (primary N) is 1. The van der Waals surface area contributed by atoms with Crippen molar-refractivity contribution >= 4 is 39.1 Å². The van der Waals surface area contributed by atoms with Crippen LogP contribution in [0.1, 0.15) is 17.4 Å². The van der Waals surface area contributed by atoms with Gasteiger partial charge in [0.25, 0.3) is 0 Å². The minimum Gasteiger partial charge on any atom is -0.308 e. The van der Waals surface area contributed by atoms with Crippen LogP contribution in [0.15, 0.2) is 5.16 Å². The summed E-state index contributed by atoms with van der Waals surface area (Å²) in [5, 5.41) is 1.92. The van der Waals surface area contributed by atoms with Crippen molar-refractivity contribution in [2.75, 3.05) is 24.8 Å². The Kier molecular flexibility index (Phi) is 3.62. The molecule has 1 aliphatic heterocycles. The Hall–Kier alpha value is -0.890. The Morgan fingerprint density at radius 1 is 1.47 bits per heavy atom. The van der Waals surface area contributed by atoms with Gasteiger partial charge in [-0.1, -0.05) is 18.7 Å². The smallest absolute Gasteiger partial charge is 0.190 e. The molecule has 0 saturated heterocycles. The van der Waals surface area contributed by atoms with Crippen molar-refractivity contribution in [3.05, 3.63) is 10.4 Å². The minimum atomic E-state index is 0.767. The fourth-order valence-corrected chi connectivity index (χ4v) is 4.33. The zero-order valence-corrected chi connectivity index (χ0v) is 12.7. The van der Waals surface area contributed by atoms with E-state index in [1.165, 1.54) is 10.4 Å². The molecule has 102 valence electrons. The van der Waals surface area contributed by atoms with Gasteiger partial charge in [-0.2, -0.15) is 0 Å². The quantitative estimate of drug-likeness (QED) is 0.391. The van der Waals surface area contributed by atoms with E-state index < -0.39 is 0 Å². The van der Waals surface area contributed by atoms with Gasteiger partial charge < -0.3 is 10.3 Å². The SMILES string of the molecule is CCSc1nc(NN)c2c3c(sc2n1)CN(C)CC3. The maximum atomic E-state index is 5.65. The van der Waals surface area contributed by atoms with Gasteiger partial charge in [-0.05, 0) is 24.8 Å². The van der Waals surface area contributed by atoms with E-state index in [-0.39, 0.29) is 0 Å². The van der Waals surface area contributed by atoms with Gasteiger partial charge >= 0.3 is 0 Å². The van der Waals surface area contributed by atoms with E-state index in [2.05, 4.69) is 34.3 Å². The first-order valence-electron chi connectivity index (χ1n) is 6.33. The lowest BCUT2D eigenvalue weighted by Gasteiger charge is -2.22. The van der Waals surface area contributed by atoms with Crippen LogP contribution in [0.25, 0.3) is 10.2 Å². The molecule has 0 amide bonds. The number of thioether (sulfide) groups is 1. The summed E-state index contributed by atoms with van der Waals surface area (Å²) in [6.07, 6.45) is 1.05. The second-order valence-electron chi connectivity index (χ2n) is 4.60. The summed E-state index contributed by atoms with van der Waals surface area (Å²) in [6.45, 7) is 4.17. The molecule has 0 radical (unpaired) electrons. The summed E-state index contributed by atoms with van der Waals surface area (Å²) in [5.41, 5.74) is 4.12. The third-order valence-corrected chi connectivity index (χ3v) is 5.12. The summed E-state index contributed by atoms with van der Waals surface area (Å²) in [4.78, 5) is 14.0. The Morgan fingerprint density at radius 3 is 3.05 bits per heavy atom. The average molecular weight is 295 g/mol. The van der Waals surface area contributed by atoms with E-state index in [1.54, 1.807) is 23.1 Å². The van der Waals surface area contributed by atoms with Gasteiger partial charge in [-0.3, -0.25) is 0 Å². The summed E-state index contributed by atoms with van der Waals surface area (Å²) < 4.78 is 0. The Morgan fingerprint density at radius 2 is 2.32 bits per heavy atom. The van der Waals surface area contributed by atoms with Crippen LogP contribution in [-0.2, 0) is 13.0 Å². The van der Waals surface area contributed by atoms with E-state index in [1.807, 2.05) is 0 Å². The maximum absolute atomic E-state index is 5.65. The molecule has 7 heteroatoms. The first-order chi connectivity index (χ1) is 9.22. The molecule has 0 aliphatic carbocycles. The van der Waals surface area contributed by atoms with Crippen LogP contribution in [0.3, 0.4) is 0 Å². The minimum absolute atomic E-state index is 0.767. The van der Waals surface area contributed by atoms with Crippen molar-refractivity contribution in [3.8, 4) is 0 Å². The molecule has 0 saturated carbocycles. The molecule has 0 fully saturated rings. The number of likely N-dealkylation sites (N-methyl/N-ethyl adjacent to an activating group) is 1. The predicted octanol–water partition coefficient (Wildman–Crippen LogP) is 2.08. The Bertz CT molecular complexity index is 610. The average Bonchev–Trinajstić information content (AvgIpc) is 2.75. The standard InChI is InChI=1S/C12H17N5S2/c1-3-18-12-14-10(16-13)9-7-4-5-17(2)6-8(7)19-11(9)15-12/h3-6,13H2,1-2H3,(H,14,15,16). The Labute approximate surface area is 120 Å². The number of hydrogen-bond donors (Lipinski definition) is 2. The number of hydrogen-bond acceptors (Lipinski definition) is 7. The number of anilines is 1. The van der Waals surface area contributed by atoms with Crippen LogP contribution in [0, 0.1) is 0 Å². The van der Waals surface area contributed by atoms with Gasteiger partial charge in [0.15, 0.2) is 11.0 Å². The molecule has 0 aromatic carbocycles. The third-order valence-electron chi connectivity index (χ3n) is 3.28.